The number of ether oxygens (including phenoxy) is 1. The van der Waals surface area contributed by atoms with Crippen molar-refractivity contribution in [3.8, 4) is 0 Å². The fraction of sp³-hybridized carbons (Fsp3) is 0.375. The number of carbonyl (C=O) groups is 2. The Morgan fingerprint density at radius 1 is 1.21 bits per heavy atom. The summed E-state index contributed by atoms with van der Waals surface area (Å²) in [5, 5.41) is 0. The van der Waals surface area contributed by atoms with Crippen molar-refractivity contribution in [1.29, 1.82) is 0 Å². The van der Waals surface area contributed by atoms with Gasteiger partial charge < -0.3 is 4.74 Å². The van der Waals surface area contributed by atoms with Gasteiger partial charge in [-0.2, -0.15) is 0 Å². The number of hydrogen-bond acceptors (Lipinski definition) is 3. The molecule has 0 saturated heterocycles. The molecule has 0 saturated carbocycles. The summed E-state index contributed by atoms with van der Waals surface area (Å²) in [5.41, 5.74) is 1.26. The number of hydrogen-bond donors (Lipinski definition) is 0. The normalized spacial score (nSPS) is 12.9. The zero-order chi connectivity index (χ0) is 14.3. The van der Waals surface area contributed by atoms with Crippen molar-refractivity contribution < 1.29 is 14.3 Å². The van der Waals surface area contributed by atoms with Crippen LogP contribution in [0.4, 0.5) is 0 Å². The second-order valence-electron chi connectivity index (χ2n) is 4.54. The molecule has 0 radical (unpaired) electrons. The zero-order valence-corrected chi connectivity index (χ0v) is 11.7. The average molecular weight is 260 g/mol. The second kappa shape index (κ2) is 7.52. The van der Waals surface area contributed by atoms with Crippen LogP contribution in [0, 0.1) is 5.92 Å². The maximum atomic E-state index is 11.8. The lowest BCUT2D eigenvalue weighted by Gasteiger charge is -2.12. The lowest BCUT2D eigenvalue weighted by molar-refractivity contribution is -0.113. The summed E-state index contributed by atoms with van der Waals surface area (Å²) < 4.78 is 5.27. The van der Waals surface area contributed by atoms with Gasteiger partial charge in [-0.15, -0.1) is 0 Å². The van der Waals surface area contributed by atoms with Gasteiger partial charge in [-0.25, -0.2) is 4.79 Å². The highest BCUT2D eigenvalue weighted by Gasteiger charge is 2.11. The van der Waals surface area contributed by atoms with E-state index in [0.717, 1.165) is 6.42 Å². The smallest absolute Gasteiger partial charge is 0.338 e. The van der Waals surface area contributed by atoms with Crippen molar-refractivity contribution in [2.75, 3.05) is 6.61 Å². The minimum atomic E-state index is -0.326. The summed E-state index contributed by atoms with van der Waals surface area (Å²) in [6.07, 6.45) is 2.70. The number of carbonyl (C=O) groups excluding carboxylic acids is 2. The number of rotatable bonds is 6. The molecular weight excluding hydrogens is 240 g/mol. The molecule has 1 aromatic rings. The molecule has 3 heteroatoms. The predicted octanol–water partition coefficient (Wildman–Crippen LogP) is 3.40. The van der Waals surface area contributed by atoms with E-state index in [9.17, 15) is 9.59 Å². The standard InChI is InChI=1S/C16H20O3/c1-4-14(10-12(2)13(3)17)11-19-16(18)15-8-6-5-7-9-15/h5-10,14H,4,11H2,1-3H3/b12-10-/t14-/m0/s1. The molecule has 0 spiro atoms. The van der Waals surface area contributed by atoms with Gasteiger partial charge in [0.25, 0.3) is 0 Å². The molecule has 0 N–H and O–H groups in total. The van der Waals surface area contributed by atoms with Gasteiger partial charge in [0.1, 0.15) is 0 Å². The molecule has 0 fully saturated rings. The summed E-state index contributed by atoms with van der Waals surface area (Å²) in [5.74, 6) is -0.197. The Labute approximate surface area is 114 Å². The van der Waals surface area contributed by atoms with Gasteiger partial charge in [0.15, 0.2) is 5.78 Å². The van der Waals surface area contributed by atoms with Crippen LogP contribution in [-0.2, 0) is 9.53 Å². The summed E-state index contributed by atoms with van der Waals surface area (Å²) >= 11 is 0. The first kappa shape index (κ1) is 15.2. The highest BCUT2D eigenvalue weighted by Crippen LogP contribution is 2.11. The monoisotopic (exact) mass is 260 g/mol. The predicted molar refractivity (Wildman–Crippen MR) is 74.9 cm³/mol. The Bertz CT molecular complexity index is 460. The van der Waals surface area contributed by atoms with E-state index in [4.69, 9.17) is 4.74 Å². The number of Topliss-reactive ketones (excluding diaryl/α,β-unsaturated/α-hetero) is 1. The highest BCUT2D eigenvalue weighted by molar-refractivity contribution is 5.92. The summed E-state index contributed by atoms with van der Waals surface area (Å²) in [7, 11) is 0. The molecule has 1 aromatic carbocycles. The first-order chi connectivity index (χ1) is 9.04. The minimum absolute atomic E-state index is 0.0489. The van der Waals surface area contributed by atoms with Crippen LogP contribution in [0.2, 0.25) is 0 Å². The molecule has 0 amide bonds. The van der Waals surface area contributed by atoms with E-state index < -0.39 is 0 Å². The number of allylic oxidation sites excluding steroid dienone is 1. The van der Waals surface area contributed by atoms with Crippen molar-refractivity contribution in [2.24, 2.45) is 5.92 Å². The third-order valence-corrected chi connectivity index (χ3v) is 3.00. The van der Waals surface area contributed by atoms with Crippen molar-refractivity contribution in [3.63, 3.8) is 0 Å². The van der Waals surface area contributed by atoms with Gasteiger partial charge in [-0.05, 0) is 38.0 Å². The summed E-state index contributed by atoms with van der Waals surface area (Å²) in [6, 6.07) is 8.89. The topological polar surface area (TPSA) is 43.4 Å². The number of benzene rings is 1. The van der Waals surface area contributed by atoms with E-state index in [1.165, 1.54) is 6.92 Å². The van der Waals surface area contributed by atoms with Gasteiger partial charge in [0.05, 0.1) is 12.2 Å². The second-order valence-corrected chi connectivity index (χ2v) is 4.54. The van der Waals surface area contributed by atoms with Crippen LogP contribution < -0.4 is 0 Å². The van der Waals surface area contributed by atoms with Crippen molar-refractivity contribution in [1.82, 2.24) is 0 Å². The number of esters is 1. The summed E-state index contributed by atoms with van der Waals surface area (Å²) in [6.45, 7) is 5.62. The van der Waals surface area contributed by atoms with Crippen molar-refractivity contribution in [2.45, 2.75) is 27.2 Å². The van der Waals surface area contributed by atoms with Gasteiger partial charge in [-0.3, -0.25) is 4.79 Å². The van der Waals surface area contributed by atoms with Crippen LogP contribution in [0.3, 0.4) is 0 Å². The van der Waals surface area contributed by atoms with Gasteiger partial charge in [0, 0.05) is 5.92 Å². The zero-order valence-electron chi connectivity index (χ0n) is 11.7. The quantitative estimate of drug-likeness (QED) is 0.581. The molecule has 0 aliphatic rings. The molecule has 0 unspecified atom stereocenters. The van der Waals surface area contributed by atoms with Crippen LogP contribution in [0.1, 0.15) is 37.6 Å². The van der Waals surface area contributed by atoms with Crippen molar-refractivity contribution in [3.05, 3.63) is 47.5 Å². The van der Waals surface area contributed by atoms with E-state index in [1.54, 1.807) is 31.2 Å². The van der Waals surface area contributed by atoms with Crippen LogP contribution in [-0.4, -0.2) is 18.4 Å². The molecule has 1 rings (SSSR count). The lowest BCUT2D eigenvalue weighted by Crippen LogP contribution is -2.13. The van der Waals surface area contributed by atoms with Gasteiger partial charge in [0.2, 0.25) is 0 Å². The maximum absolute atomic E-state index is 11.8. The molecular formula is C16H20O3. The fourth-order valence-corrected chi connectivity index (χ4v) is 1.60. The number of ketones is 1. The SMILES string of the molecule is CC[C@@H](/C=C(/C)C(C)=O)COC(=O)c1ccccc1. The molecule has 0 aliphatic heterocycles. The third kappa shape index (κ3) is 5.08. The lowest BCUT2D eigenvalue weighted by atomic mass is 10.0. The average Bonchev–Trinajstić information content (AvgIpc) is 2.43. The van der Waals surface area contributed by atoms with Gasteiger partial charge >= 0.3 is 5.97 Å². The van der Waals surface area contributed by atoms with E-state index in [1.807, 2.05) is 19.1 Å². The van der Waals surface area contributed by atoms with Crippen LogP contribution >= 0.6 is 0 Å². The summed E-state index contributed by atoms with van der Waals surface area (Å²) in [4.78, 5) is 23.0. The molecule has 19 heavy (non-hydrogen) atoms. The molecule has 1 atom stereocenters. The Morgan fingerprint density at radius 2 is 1.84 bits per heavy atom. The molecule has 102 valence electrons. The van der Waals surface area contributed by atoms with Crippen LogP contribution in [0.15, 0.2) is 42.0 Å². The van der Waals surface area contributed by atoms with E-state index in [-0.39, 0.29) is 17.7 Å². The first-order valence-electron chi connectivity index (χ1n) is 6.46. The molecule has 0 heterocycles. The Balaban J connectivity index is 2.57. The third-order valence-electron chi connectivity index (χ3n) is 3.00. The molecule has 0 aromatic heterocycles. The van der Waals surface area contributed by atoms with Crippen molar-refractivity contribution >= 4 is 11.8 Å². The molecule has 0 bridgehead atoms. The Morgan fingerprint density at radius 3 is 2.37 bits per heavy atom. The highest BCUT2D eigenvalue weighted by atomic mass is 16.5. The minimum Gasteiger partial charge on any atom is -0.461 e. The Hall–Kier alpha value is -1.90. The molecule has 0 aliphatic carbocycles. The van der Waals surface area contributed by atoms with E-state index in [2.05, 4.69) is 0 Å². The van der Waals surface area contributed by atoms with Crippen LogP contribution in [0.5, 0.6) is 0 Å². The van der Waals surface area contributed by atoms with Crippen LogP contribution in [0.25, 0.3) is 0 Å². The van der Waals surface area contributed by atoms with Gasteiger partial charge in [-0.1, -0.05) is 31.2 Å². The maximum Gasteiger partial charge on any atom is 0.338 e. The van der Waals surface area contributed by atoms with E-state index >= 15 is 0 Å². The molecule has 3 nitrogen and oxygen atoms in total. The first-order valence-corrected chi connectivity index (χ1v) is 6.46. The largest absolute Gasteiger partial charge is 0.461 e. The fourth-order valence-electron chi connectivity index (χ4n) is 1.60. The van der Waals surface area contributed by atoms with E-state index in [0.29, 0.717) is 17.7 Å². The Kier molecular flexibility index (Phi) is 6.00.